The Bertz CT molecular complexity index is 1510. The zero-order valence-electron chi connectivity index (χ0n) is 22.4. The molecule has 0 fully saturated rings. The van der Waals surface area contributed by atoms with Crippen LogP contribution in [0.15, 0.2) is 127 Å². The van der Waals surface area contributed by atoms with Gasteiger partial charge in [0.1, 0.15) is 11.0 Å². The van der Waals surface area contributed by atoms with E-state index in [2.05, 4.69) is 132 Å². The standard InChI is InChI=1S/C34H34NOPS/c1-34(2,3)38(36)35(4)33(28-24-23-26-15-11-12-16-27(26)25-28)31-21-13-14-22-32(31)37(29-17-7-5-8-18-29)30-19-9-6-10-20-30/h5-25,33H,1-4H3/t33-,38-/m1/s1. The molecular weight excluding hydrogens is 501 g/mol. The highest BCUT2D eigenvalue weighted by atomic mass is 32.2. The lowest BCUT2D eigenvalue weighted by atomic mass is 9.96. The zero-order chi connectivity index (χ0) is 26.7. The van der Waals surface area contributed by atoms with Crippen molar-refractivity contribution < 1.29 is 4.21 Å². The summed E-state index contributed by atoms with van der Waals surface area (Å²) >= 11 is 0. The van der Waals surface area contributed by atoms with Crippen LogP contribution in [-0.2, 0) is 11.0 Å². The molecule has 5 aromatic rings. The molecule has 192 valence electrons. The van der Waals surface area contributed by atoms with Gasteiger partial charge in [0.25, 0.3) is 0 Å². The van der Waals surface area contributed by atoms with E-state index in [0.717, 1.165) is 5.56 Å². The Kier molecular flexibility index (Phi) is 7.91. The molecule has 2 atom stereocenters. The first-order valence-electron chi connectivity index (χ1n) is 13.0. The fraction of sp³-hybridized carbons (Fsp3) is 0.176. The monoisotopic (exact) mass is 535 g/mol. The van der Waals surface area contributed by atoms with Crippen LogP contribution in [0.5, 0.6) is 0 Å². The molecule has 0 spiro atoms. The van der Waals surface area contributed by atoms with E-state index in [1.807, 2.05) is 27.8 Å². The van der Waals surface area contributed by atoms with Crippen molar-refractivity contribution in [1.29, 1.82) is 0 Å². The molecular formula is C34H34NOPS. The van der Waals surface area contributed by atoms with Gasteiger partial charge in [-0.2, -0.15) is 0 Å². The number of fused-ring (bicyclic) bond motifs is 1. The third kappa shape index (κ3) is 5.52. The zero-order valence-corrected chi connectivity index (χ0v) is 24.1. The van der Waals surface area contributed by atoms with E-state index in [9.17, 15) is 4.21 Å². The lowest BCUT2D eigenvalue weighted by Gasteiger charge is -2.35. The normalized spacial score (nSPS) is 13.6. The molecule has 0 amide bonds. The predicted octanol–water partition coefficient (Wildman–Crippen LogP) is 7.08. The third-order valence-corrected chi connectivity index (χ3v) is 11.0. The van der Waals surface area contributed by atoms with Gasteiger partial charge in [-0.1, -0.05) is 121 Å². The number of benzene rings is 5. The first-order valence-corrected chi connectivity index (χ1v) is 15.4. The maximum absolute atomic E-state index is 13.9. The molecule has 5 rings (SSSR count). The van der Waals surface area contributed by atoms with E-state index in [-0.39, 0.29) is 10.8 Å². The van der Waals surface area contributed by atoms with Gasteiger partial charge in [0.05, 0.1) is 10.8 Å². The second kappa shape index (κ2) is 11.3. The van der Waals surface area contributed by atoms with Crippen LogP contribution in [0.2, 0.25) is 0 Å². The van der Waals surface area contributed by atoms with Gasteiger partial charge in [0, 0.05) is 7.05 Å². The lowest BCUT2D eigenvalue weighted by molar-refractivity contribution is 0.441. The molecule has 0 bridgehead atoms. The highest BCUT2D eigenvalue weighted by Gasteiger charge is 2.33. The Morgan fingerprint density at radius 2 is 1.18 bits per heavy atom. The van der Waals surface area contributed by atoms with Gasteiger partial charge >= 0.3 is 0 Å². The molecule has 0 radical (unpaired) electrons. The predicted molar refractivity (Wildman–Crippen MR) is 167 cm³/mol. The minimum atomic E-state index is -1.22. The maximum Gasteiger partial charge on any atom is 0.100 e. The van der Waals surface area contributed by atoms with E-state index >= 15 is 0 Å². The van der Waals surface area contributed by atoms with Gasteiger partial charge in [0.2, 0.25) is 0 Å². The summed E-state index contributed by atoms with van der Waals surface area (Å²) in [5, 5.41) is 6.29. The van der Waals surface area contributed by atoms with E-state index in [4.69, 9.17) is 0 Å². The molecule has 0 unspecified atom stereocenters. The molecule has 2 nitrogen and oxygen atoms in total. The summed E-state index contributed by atoms with van der Waals surface area (Å²) in [6.07, 6.45) is 0. The third-order valence-electron chi connectivity index (χ3n) is 6.74. The van der Waals surface area contributed by atoms with Gasteiger partial charge in [-0.25, -0.2) is 8.51 Å². The van der Waals surface area contributed by atoms with E-state index < -0.39 is 18.9 Å². The fourth-order valence-corrected chi connectivity index (χ4v) is 8.77. The number of hydrogen-bond donors (Lipinski definition) is 0. The second-order valence-corrected chi connectivity index (χ2v) is 15.0. The summed E-state index contributed by atoms with van der Waals surface area (Å²) in [6.45, 7) is 6.14. The van der Waals surface area contributed by atoms with Gasteiger partial charge in [-0.15, -0.1) is 0 Å². The molecule has 0 aliphatic rings. The molecule has 0 saturated carbocycles. The number of rotatable bonds is 7. The minimum absolute atomic E-state index is 0.173. The SMILES string of the molecule is CN([C@H](c1ccc2ccccc2c1)c1ccccc1P(c1ccccc1)c1ccccc1)[S@](=O)C(C)(C)C. The Labute approximate surface area is 230 Å². The van der Waals surface area contributed by atoms with Crippen molar-refractivity contribution in [3.8, 4) is 0 Å². The quantitative estimate of drug-likeness (QED) is 0.204. The highest BCUT2D eigenvalue weighted by molar-refractivity contribution is 7.84. The average molecular weight is 536 g/mol. The highest BCUT2D eigenvalue weighted by Crippen LogP contribution is 2.40. The van der Waals surface area contributed by atoms with Crippen molar-refractivity contribution in [1.82, 2.24) is 4.31 Å². The topological polar surface area (TPSA) is 20.3 Å². The maximum atomic E-state index is 13.9. The van der Waals surface area contributed by atoms with Gasteiger partial charge in [-0.3, -0.25) is 0 Å². The van der Waals surface area contributed by atoms with Crippen LogP contribution >= 0.6 is 7.92 Å². The Morgan fingerprint density at radius 1 is 0.658 bits per heavy atom. The van der Waals surface area contributed by atoms with Crippen LogP contribution < -0.4 is 15.9 Å². The first kappa shape index (κ1) is 26.5. The first-order chi connectivity index (χ1) is 18.3. The van der Waals surface area contributed by atoms with Crippen molar-refractivity contribution >= 4 is 45.6 Å². The molecule has 38 heavy (non-hydrogen) atoms. The van der Waals surface area contributed by atoms with E-state index in [1.165, 1.54) is 32.2 Å². The van der Waals surface area contributed by atoms with Crippen LogP contribution in [0.1, 0.15) is 37.9 Å². The van der Waals surface area contributed by atoms with E-state index in [0.29, 0.717) is 0 Å². The van der Waals surface area contributed by atoms with Crippen LogP contribution in [-0.4, -0.2) is 20.3 Å². The molecule has 4 heteroatoms. The molecule has 0 aliphatic carbocycles. The van der Waals surface area contributed by atoms with Crippen molar-refractivity contribution in [3.63, 3.8) is 0 Å². The average Bonchev–Trinajstić information content (AvgIpc) is 2.94. The van der Waals surface area contributed by atoms with Crippen molar-refractivity contribution in [2.45, 2.75) is 31.6 Å². The summed E-state index contributed by atoms with van der Waals surface area (Å²) in [5.41, 5.74) is 2.34. The Hall–Kier alpha value is -3.10. The minimum Gasteiger partial charge on any atom is -0.242 e. The molecule has 0 saturated heterocycles. The number of nitrogens with zero attached hydrogens (tertiary/aromatic N) is 1. The summed E-state index contributed by atoms with van der Waals surface area (Å²) in [6, 6.07) is 45.3. The smallest absolute Gasteiger partial charge is 0.100 e. The molecule has 0 heterocycles. The Balaban J connectivity index is 1.75. The van der Waals surface area contributed by atoms with Crippen LogP contribution in [0, 0.1) is 0 Å². The summed E-state index contributed by atoms with van der Waals surface area (Å²) in [7, 11) is -0.0335. The lowest BCUT2D eigenvalue weighted by Crippen LogP contribution is -2.39. The van der Waals surface area contributed by atoms with Crippen molar-refractivity contribution in [2.24, 2.45) is 0 Å². The summed E-state index contributed by atoms with van der Waals surface area (Å²) < 4.78 is 15.6. The van der Waals surface area contributed by atoms with Crippen LogP contribution in [0.25, 0.3) is 10.8 Å². The van der Waals surface area contributed by atoms with Crippen molar-refractivity contribution in [3.05, 3.63) is 139 Å². The van der Waals surface area contributed by atoms with Crippen LogP contribution in [0.4, 0.5) is 0 Å². The summed E-state index contributed by atoms with van der Waals surface area (Å²) in [5.74, 6) is 0. The molecule has 0 N–H and O–H groups in total. The Morgan fingerprint density at radius 3 is 1.79 bits per heavy atom. The molecule has 0 aliphatic heterocycles. The summed E-state index contributed by atoms with van der Waals surface area (Å²) in [4.78, 5) is 0. The molecule has 5 aromatic carbocycles. The van der Waals surface area contributed by atoms with Gasteiger partial charge in [0.15, 0.2) is 0 Å². The van der Waals surface area contributed by atoms with Gasteiger partial charge < -0.3 is 0 Å². The fourth-order valence-electron chi connectivity index (χ4n) is 4.99. The number of hydrogen-bond acceptors (Lipinski definition) is 1. The van der Waals surface area contributed by atoms with Crippen LogP contribution in [0.3, 0.4) is 0 Å². The van der Waals surface area contributed by atoms with Crippen molar-refractivity contribution in [2.75, 3.05) is 7.05 Å². The largest absolute Gasteiger partial charge is 0.242 e. The van der Waals surface area contributed by atoms with Gasteiger partial charge in [-0.05, 0) is 72.6 Å². The van der Waals surface area contributed by atoms with E-state index in [1.54, 1.807) is 0 Å². The second-order valence-electron chi connectivity index (χ2n) is 10.5. The molecule has 0 aromatic heterocycles.